The van der Waals surface area contributed by atoms with Gasteiger partial charge >= 0.3 is 0 Å². The van der Waals surface area contributed by atoms with Crippen molar-refractivity contribution in [3.63, 3.8) is 0 Å². The van der Waals surface area contributed by atoms with E-state index in [-0.39, 0.29) is 0 Å². The standard InChI is InChI=1S/C13H24N2S/c1-5-11(6-2)14-9-8-13-15-12(7-3)10(4)16-13/h11,14H,5-9H2,1-4H3. The van der Waals surface area contributed by atoms with Gasteiger partial charge in [-0.15, -0.1) is 11.3 Å². The summed E-state index contributed by atoms with van der Waals surface area (Å²) in [5.74, 6) is 0. The highest BCUT2D eigenvalue weighted by Gasteiger charge is 2.06. The Morgan fingerprint density at radius 1 is 1.25 bits per heavy atom. The van der Waals surface area contributed by atoms with Crippen molar-refractivity contribution < 1.29 is 0 Å². The summed E-state index contributed by atoms with van der Waals surface area (Å²) in [5.41, 5.74) is 1.28. The molecule has 0 fully saturated rings. The van der Waals surface area contributed by atoms with Crippen LogP contribution < -0.4 is 5.32 Å². The number of nitrogens with one attached hydrogen (secondary N) is 1. The van der Waals surface area contributed by atoms with Crippen molar-refractivity contribution in [2.75, 3.05) is 6.54 Å². The first-order chi connectivity index (χ1) is 7.71. The van der Waals surface area contributed by atoms with E-state index in [1.165, 1.54) is 28.4 Å². The molecule has 0 unspecified atom stereocenters. The average molecular weight is 240 g/mol. The number of thiazole rings is 1. The topological polar surface area (TPSA) is 24.9 Å². The molecule has 0 aliphatic carbocycles. The Morgan fingerprint density at radius 3 is 2.44 bits per heavy atom. The molecule has 0 amide bonds. The Hall–Kier alpha value is -0.410. The number of hydrogen-bond donors (Lipinski definition) is 1. The molecule has 1 rings (SSSR count). The van der Waals surface area contributed by atoms with Gasteiger partial charge < -0.3 is 5.32 Å². The van der Waals surface area contributed by atoms with Crippen LogP contribution in [0.3, 0.4) is 0 Å². The van der Waals surface area contributed by atoms with Gasteiger partial charge in [-0.1, -0.05) is 20.8 Å². The van der Waals surface area contributed by atoms with E-state index in [2.05, 4.69) is 38.0 Å². The molecule has 0 saturated heterocycles. The molecular formula is C13H24N2S. The van der Waals surface area contributed by atoms with E-state index in [9.17, 15) is 0 Å². The normalized spacial score (nSPS) is 11.3. The summed E-state index contributed by atoms with van der Waals surface area (Å²) in [6, 6.07) is 0.673. The van der Waals surface area contributed by atoms with Crippen molar-refractivity contribution in [3.05, 3.63) is 15.6 Å². The summed E-state index contributed by atoms with van der Waals surface area (Å²) in [5, 5.41) is 4.87. The maximum Gasteiger partial charge on any atom is 0.0943 e. The lowest BCUT2D eigenvalue weighted by atomic mass is 10.2. The van der Waals surface area contributed by atoms with Crippen LogP contribution in [0.1, 0.15) is 49.2 Å². The fourth-order valence-corrected chi connectivity index (χ4v) is 2.90. The lowest BCUT2D eigenvalue weighted by Crippen LogP contribution is -2.29. The van der Waals surface area contributed by atoms with Gasteiger partial charge in [-0.05, 0) is 26.2 Å². The molecule has 3 heteroatoms. The monoisotopic (exact) mass is 240 g/mol. The Kier molecular flexibility index (Phi) is 5.99. The number of rotatable bonds is 7. The molecule has 0 bridgehead atoms. The summed E-state index contributed by atoms with van der Waals surface area (Å²) in [6.45, 7) is 9.89. The summed E-state index contributed by atoms with van der Waals surface area (Å²) < 4.78 is 0. The third-order valence-electron chi connectivity index (χ3n) is 3.03. The van der Waals surface area contributed by atoms with E-state index in [0.29, 0.717) is 6.04 Å². The zero-order valence-electron chi connectivity index (χ0n) is 11.0. The summed E-state index contributed by atoms with van der Waals surface area (Å²) >= 11 is 1.85. The fourth-order valence-electron chi connectivity index (χ4n) is 1.88. The van der Waals surface area contributed by atoms with Crippen LogP contribution in [0.5, 0.6) is 0 Å². The Balaban J connectivity index is 2.36. The number of nitrogens with zero attached hydrogens (tertiary/aromatic N) is 1. The van der Waals surface area contributed by atoms with Crippen LogP contribution in [0.2, 0.25) is 0 Å². The second kappa shape index (κ2) is 7.02. The smallest absolute Gasteiger partial charge is 0.0943 e. The zero-order chi connectivity index (χ0) is 12.0. The predicted octanol–water partition coefficient (Wildman–Crippen LogP) is 3.33. The zero-order valence-corrected chi connectivity index (χ0v) is 11.8. The third-order valence-corrected chi connectivity index (χ3v) is 4.10. The largest absolute Gasteiger partial charge is 0.314 e. The molecule has 0 aromatic carbocycles. The van der Waals surface area contributed by atoms with Crippen molar-refractivity contribution in [2.45, 2.75) is 59.4 Å². The molecule has 0 radical (unpaired) electrons. The summed E-state index contributed by atoms with van der Waals surface area (Å²) in [7, 11) is 0. The number of aryl methyl sites for hydroxylation is 2. The highest BCUT2D eigenvalue weighted by molar-refractivity contribution is 7.11. The van der Waals surface area contributed by atoms with E-state index < -0.39 is 0 Å². The molecule has 0 atom stereocenters. The lowest BCUT2D eigenvalue weighted by molar-refractivity contribution is 0.488. The Morgan fingerprint density at radius 2 is 1.94 bits per heavy atom. The first-order valence-electron chi connectivity index (χ1n) is 6.39. The molecule has 2 nitrogen and oxygen atoms in total. The van der Waals surface area contributed by atoms with Gasteiger partial charge in [0, 0.05) is 23.9 Å². The maximum absolute atomic E-state index is 4.66. The van der Waals surface area contributed by atoms with Gasteiger partial charge in [-0.3, -0.25) is 0 Å². The molecule has 92 valence electrons. The third kappa shape index (κ3) is 3.87. The molecule has 1 heterocycles. The maximum atomic E-state index is 4.66. The van der Waals surface area contributed by atoms with Crippen LogP contribution in [0.4, 0.5) is 0 Å². The highest BCUT2D eigenvalue weighted by Crippen LogP contribution is 2.18. The predicted molar refractivity (Wildman–Crippen MR) is 72.3 cm³/mol. The van der Waals surface area contributed by atoms with Gasteiger partial charge in [-0.25, -0.2) is 4.98 Å². The molecule has 0 aliphatic heterocycles. The van der Waals surface area contributed by atoms with Crippen LogP contribution in [0, 0.1) is 6.92 Å². The molecule has 1 aromatic rings. The molecule has 0 spiro atoms. The van der Waals surface area contributed by atoms with E-state index in [1.54, 1.807) is 0 Å². The molecule has 0 aliphatic rings. The molecule has 1 N–H and O–H groups in total. The first-order valence-corrected chi connectivity index (χ1v) is 7.21. The Bertz CT molecular complexity index is 303. The van der Waals surface area contributed by atoms with Crippen LogP contribution >= 0.6 is 11.3 Å². The first kappa shape index (κ1) is 13.7. The average Bonchev–Trinajstić information content (AvgIpc) is 2.65. The second-order valence-corrected chi connectivity index (χ2v) is 5.47. The summed E-state index contributed by atoms with van der Waals surface area (Å²) in [4.78, 5) is 6.04. The van der Waals surface area contributed by atoms with Gasteiger partial charge in [0.2, 0.25) is 0 Å². The summed E-state index contributed by atoms with van der Waals surface area (Å²) in [6.07, 6.45) is 4.56. The van der Waals surface area contributed by atoms with Crippen LogP contribution in [0.25, 0.3) is 0 Å². The van der Waals surface area contributed by atoms with Gasteiger partial charge in [-0.2, -0.15) is 0 Å². The van der Waals surface area contributed by atoms with Crippen LogP contribution in [-0.2, 0) is 12.8 Å². The Labute approximate surface area is 103 Å². The van der Waals surface area contributed by atoms with Crippen molar-refractivity contribution in [2.24, 2.45) is 0 Å². The van der Waals surface area contributed by atoms with Crippen molar-refractivity contribution in [3.8, 4) is 0 Å². The SMILES string of the molecule is CCc1nc(CCNC(CC)CC)sc1C. The van der Waals surface area contributed by atoms with Crippen LogP contribution in [0.15, 0.2) is 0 Å². The number of hydrogen-bond acceptors (Lipinski definition) is 3. The lowest BCUT2D eigenvalue weighted by Gasteiger charge is -2.13. The van der Waals surface area contributed by atoms with E-state index in [0.717, 1.165) is 19.4 Å². The van der Waals surface area contributed by atoms with Gasteiger partial charge in [0.05, 0.1) is 10.7 Å². The van der Waals surface area contributed by atoms with Crippen molar-refractivity contribution >= 4 is 11.3 Å². The minimum Gasteiger partial charge on any atom is -0.314 e. The fraction of sp³-hybridized carbons (Fsp3) is 0.769. The minimum absolute atomic E-state index is 0.673. The molecular weight excluding hydrogens is 216 g/mol. The van der Waals surface area contributed by atoms with E-state index in [4.69, 9.17) is 0 Å². The van der Waals surface area contributed by atoms with Crippen LogP contribution in [-0.4, -0.2) is 17.6 Å². The highest BCUT2D eigenvalue weighted by atomic mass is 32.1. The van der Waals surface area contributed by atoms with Crippen molar-refractivity contribution in [1.29, 1.82) is 0 Å². The van der Waals surface area contributed by atoms with Gasteiger partial charge in [0.15, 0.2) is 0 Å². The van der Waals surface area contributed by atoms with Gasteiger partial charge in [0.25, 0.3) is 0 Å². The van der Waals surface area contributed by atoms with Crippen molar-refractivity contribution in [1.82, 2.24) is 10.3 Å². The minimum atomic E-state index is 0.673. The molecule has 16 heavy (non-hydrogen) atoms. The second-order valence-electron chi connectivity index (χ2n) is 4.18. The molecule has 1 aromatic heterocycles. The van der Waals surface area contributed by atoms with E-state index >= 15 is 0 Å². The quantitative estimate of drug-likeness (QED) is 0.790. The number of aromatic nitrogens is 1. The molecule has 0 saturated carbocycles. The van der Waals surface area contributed by atoms with Gasteiger partial charge in [0.1, 0.15) is 0 Å². The van der Waals surface area contributed by atoms with E-state index in [1.807, 2.05) is 11.3 Å².